The normalized spacial score (nSPS) is 11.8. The van der Waals surface area contributed by atoms with E-state index in [1.165, 1.54) is 6.07 Å². The summed E-state index contributed by atoms with van der Waals surface area (Å²) in [6.07, 6.45) is 0. The van der Waals surface area contributed by atoms with Crippen LogP contribution >= 0.6 is 11.6 Å². The van der Waals surface area contributed by atoms with Crippen molar-refractivity contribution >= 4 is 11.6 Å². The second kappa shape index (κ2) is 6.33. The first-order chi connectivity index (χ1) is 9.20. The summed E-state index contributed by atoms with van der Waals surface area (Å²) >= 11 is 5.80. The van der Waals surface area contributed by atoms with Crippen LogP contribution in [0.15, 0.2) is 48.5 Å². The number of rotatable bonds is 4. The van der Waals surface area contributed by atoms with Crippen LogP contribution in [0.3, 0.4) is 0 Å². The monoisotopic (exact) mass is 274 g/mol. The van der Waals surface area contributed by atoms with E-state index in [-0.39, 0.29) is 5.82 Å². The molecule has 2 aromatic carbocycles. The van der Waals surface area contributed by atoms with Crippen LogP contribution in [0.2, 0.25) is 5.02 Å². The fourth-order valence-electron chi connectivity index (χ4n) is 1.76. The Morgan fingerprint density at radius 3 is 2.47 bits per heavy atom. The number of hydrogen-bond acceptors (Lipinski definition) is 2. The van der Waals surface area contributed by atoms with E-state index < -0.39 is 6.04 Å². The first-order valence-corrected chi connectivity index (χ1v) is 6.20. The van der Waals surface area contributed by atoms with Crippen LogP contribution in [0.5, 0.6) is 0 Å². The Kier molecular flexibility index (Phi) is 4.51. The minimum Gasteiger partial charge on any atom is -0.294 e. The molecule has 2 rings (SSSR count). The molecule has 2 nitrogen and oxygen atoms in total. The average molecular weight is 275 g/mol. The maximum absolute atomic E-state index is 13.6. The minimum atomic E-state index is -0.670. The molecule has 0 bridgehead atoms. The minimum absolute atomic E-state index is 0.360. The lowest BCUT2D eigenvalue weighted by atomic mass is 10.1. The first-order valence-electron chi connectivity index (χ1n) is 5.82. The summed E-state index contributed by atoms with van der Waals surface area (Å²) in [5, 5.41) is 12.8. The molecule has 0 radical (unpaired) electrons. The number of halogens is 2. The average Bonchev–Trinajstić information content (AvgIpc) is 2.43. The molecule has 0 fully saturated rings. The van der Waals surface area contributed by atoms with E-state index >= 15 is 0 Å². The molecule has 0 saturated carbocycles. The largest absolute Gasteiger partial charge is 0.294 e. The first kappa shape index (κ1) is 13.5. The highest BCUT2D eigenvalue weighted by Crippen LogP contribution is 2.17. The summed E-state index contributed by atoms with van der Waals surface area (Å²) in [7, 11) is 0. The van der Waals surface area contributed by atoms with Crippen LogP contribution in [0.4, 0.5) is 4.39 Å². The molecular formula is C15H12ClFN2. The van der Waals surface area contributed by atoms with Crippen molar-refractivity contribution in [2.24, 2.45) is 0 Å². The predicted octanol–water partition coefficient (Wildman–Crippen LogP) is 3.83. The van der Waals surface area contributed by atoms with Gasteiger partial charge in [-0.1, -0.05) is 41.9 Å². The number of hydrogen-bond donors (Lipinski definition) is 1. The highest BCUT2D eigenvalue weighted by Gasteiger charge is 2.13. The molecule has 1 unspecified atom stereocenters. The lowest BCUT2D eigenvalue weighted by molar-refractivity contribution is 0.562. The predicted molar refractivity (Wildman–Crippen MR) is 73.0 cm³/mol. The fraction of sp³-hybridized carbons (Fsp3) is 0.133. The fourth-order valence-corrected chi connectivity index (χ4v) is 1.88. The van der Waals surface area contributed by atoms with Crippen LogP contribution in [-0.4, -0.2) is 0 Å². The van der Waals surface area contributed by atoms with Gasteiger partial charge in [0.1, 0.15) is 11.9 Å². The van der Waals surface area contributed by atoms with Crippen LogP contribution < -0.4 is 5.32 Å². The molecule has 0 aromatic heterocycles. The maximum Gasteiger partial charge on any atom is 0.129 e. The molecular weight excluding hydrogens is 263 g/mol. The molecule has 1 atom stereocenters. The summed E-state index contributed by atoms with van der Waals surface area (Å²) in [5.41, 5.74) is 1.35. The molecule has 0 aliphatic heterocycles. The summed E-state index contributed by atoms with van der Waals surface area (Å²) in [5.74, 6) is -0.377. The van der Waals surface area contributed by atoms with Crippen LogP contribution in [0.25, 0.3) is 0 Å². The highest BCUT2D eigenvalue weighted by atomic mass is 35.5. The second-order valence-corrected chi connectivity index (χ2v) is 4.53. The van der Waals surface area contributed by atoms with Gasteiger partial charge < -0.3 is 0 Å². The van der Waals surface area contributed by atoms with Crippen LogP contribution in [0.1, 0.15) is 17.2 Å². The molecule has 0 saturated heterocycles. The van der Waals surface area contributed by atoms with E-state index in [0.717, 1.165) is 5.56 Å². The van der Waals surface area contributed by atoms with Crippen molar-refractivity contribution in [1.82, 2.24) is 5.32 Å². The van der Waals surface area contributed by atoms with E-state index in [9.17, 15) is 4.39 Å². The summed E-state index contributed by atoms with van der Waals surface area (Å²) in [4.78, 5) is 0. The van der Waals surface area contributed by atoms with Crippen molar-refractivity contribution in [1.29, 1.82) is 5.26 Å². The van der Waals surface area contributed by atoms with E-state index in [4.69, 9.17) is 16.9 Å². The van der Waals surface area contributed by atoms with Gasteiger partial charge in [-0.15, -0.1) is 0 Å². The zero-order valence-electron chi connectivity index (χ0n) is 10.1. The standard InChI is InChI=1S/C15H12ClFN2/c16-12-7-5-11(6-8-12)10-19-15(9-18)13-3-1-2-4-14(13)17/h1-8,15,19H,10H2. The van der Waals surface area contributed by atoms with Crippen molar-refractivity contribution in [3.63, 3.8) is 0 Å². The number of nitrogens with one attached hydrogen (secondary N) is 1. The van der Waals surface area contributed by atoms with Gasteiger partial charge in [-0.05, 0) is 23.8 Å². The van der Waals surface area contributed by atoms with Gasteiger partial charge in [-0.3, -0.25) is 5.32 Å². The molecule has 0 heterocycles. The van der Waals surface area contributed by atoms with Gasteiger partial charge in [0.15, 0.2) is 0 Å². The van der Waals surface area contributed by atoms with E-state index in [2.05, 4.69) is 11.4 Å². The summed E-state index contributed by atoms with van der Waals surface area (Å²) in [6.45, 7) is 0.476. The number of nitrogens with zero attached hydrogens (tertiary/aromatic N) is 1. The Morgan fingerprint density at radius 2 is 1.84 bits per heavy atom. The third kappa shape index (κ3) is 3.54. The smallest absolute Gasteiger partial charge is 0.129 e. The molecule has 0 aliphatic carbocycles. The Balaban J connectivity index is 2.07. The van der Waals surface area contributed by atoms with Crippen LogP contribution in [0, 0.1) is 17.1 Å². The lowest BCUT2D eigenvalue weighted by Crippen LogP contribution is -2.20. The zero-order chi connectivity index (χ0) is 13.7. The maximum atomic E-state index is 13.6. The molecule has 19 heavy (non-hydrogen) atoms. The lowest BCUT2D eigenvalue weighted by Gasteiger charge is -2.12. The molecule has 96 valence electrons. The van der Waals surface area contributed by atoms with Gasteiger partial charge in [-0.25, -0.2) is 4.39 Å². The molecule has 2 aromatic rings. The van der Waals surface area contributed by atoms with Crippen molar-refractivity contribution in [3.05, 3.63) is 70.5 Å². The van der Waals surface area contributed by atoms with Crippen LogP contribution in [-0.2, 0) is 6.54 Å². The van der Waals surface area contributed by atoms with Gasteiger partial charge in [0, 0.05) is 17.1 Å². The van der Waals surface area contributed by atoms with E-state index in [1.54, 1.807) is 30.3 Å². The topological polar surface area (TPSA) is 35.8 Å². The van der Waals surface area contributed by atoms with Crippen molar-refractivity contribution < 1.29 is 4.39 Å². The van der Waals surface area contributed by atoms with E-state index in [1.807, 2.05) is 12.1 Å². The zero-order valence-corrected chi connectivity index (χ0v) is 10.9. The molecule has 4 heteroatoms. The Bertz CT molecular complexity index is 590. The molecule has 0 aliphatic rings. The third-order valence-corrected chi connectivity index (χ3v) is 3.02. The highest BCUT2D eigenvalue weighted by molar-refractivity contribution is 6.30. The Hall–Kier alpha value is -1.89. The SMILES string of the molecule is N#CC(NCc1ccc(Cl)cc1)c1ccccc1F. The number of benzene rings is 2. The molecule has 0 spiro atoms. The van der Waals surface area contributed by atoms with Crippen molar-refractivity contribution in [3.8, 4) is 6.07 Å². The van der Waals surface area contributed by atoms with E-state index in [0.29, 0.717) is 17.1 Å². The Morgan fingerprint density at radius 1 is 1.16 bits per heavy atom. The summed E-state index contributed by atoms with van der Waals surface area (Å²) < 4.78 is 13.6. The van der Waals surface area contributed by atoms with Gasteiger partial charge in [0.05, 0.1) is 6.07 Å². The number of nitriles is 1. The van der Waals surface area contributed by atoms with Gasteiger partial charge in [0.25, 0.3) is 0 Å². The molecule has 0 amide bonds. The second-order valence-electron chi connectivity index (χ2n) is 4.09. The van der Waals surface area contributed by atoms with Crippen molar-refractivity contribution in [2.45, 2.75) is 12.6 Å². The summed E-state index contributed by atoms with van der Waals surface area (Å²) in [6, 6.07) is 15.0. The Labute approximate surface area is 116 Å². The van der Waals surface area contributed by atoms with Crippen molar-refractivity contribution in [2.75, 3.05) is 0 Å². The van der Waals surface area contributed by atoms with Gasteiger partial charge in [-0.2, -0.15) is 5.26 Å². The third-order valence-electron chi connectivity index (χ3n) is 2.77. The quantitative estimate of drug-likeness (QED) is 0.920. The molecule has 1 N–H and O–H groups in total. The van der Waals surface area contributed by atoms with Gasteiger partial charge in [0.2, 0.25) is 0 Å². The van der Waals surface area contributed by atoms with Gasteiger partial charge >= 0.3 is 0 Å².